The van der Waals surface area contributed by atoms with E-state index in [4.69, 9.17) is 11.6 Å². The number of anilines is 1. The van der Waals surface area contributed by atoms with E-state index in [1.54, 1.807) is 0 Å². The minimum absolute atomic E-state index is 0.0406. The zero-order valence-corrected chi connectivity index (χ0v) is 12.9. The zero-order chi connectivity index (χ0) is 18.6. The molecule has 0 aliphatic heterocycles. The summed E-state index contributed by atoms with van der Waals surface area (Å²) >= 11 is 5.69. The number of nitrogens with zero attached hydrogens (tertiary/aromatic N) is 4. The third kappa shape index (κ3) is 4.23. The smallest absolute Gasteiger partial charge is 0.272 e. The first-order valence-corrected chi connectivity index (χ1v) is 6.83. The van der Waals surface area contributed by atoms with Crippen molar-refractivity contribution in [1.82, 2.24) is 0 Å². The van der Waals surface area contributed by atoms with Crippen LogP contribution in [0, 0.1) is 30.3 Å². The summed E-state index contributed by atoms with van der Waals surface area (Å²) < 4.78 is 0. The minimum Gasteiger partial charge on any atom is -0.272 e. The van der Waals surface area contributed by atoms with Crippen molar-refractivity contribution < 1.29 is 14.8 Å². The van der Waals surface area contributed by atoms with Crippen LogP contribution in [0.1, 0.15) is 5.56 Å². The Bertz CT molecular complexity index is 900. The summed E-state index contributed by atoms with van der Waals surface area (Å²) in [5.41, 5.74) is 1.35. The molecule has 0 saturated heterocycles. The van der Waals surface area contributed by atoms with E-state index in [1.165, 1.54) is 24.4 Å². The highest BCUT2D eigenvalue weighted by Crippen LogP contribution is 2.29. The van der Waals surface area contributed by atoms with Gasteiger partial charge < -0.3 is 0 Å². The SMILES string of the molecule is O=[N+]([O-])c1ccc(N/N=C/c2ccc(Cl)c([N+](=O)[O-])c2)c([N+](=O)[O-])c1. The molecule has 0 unspecified atom stereocenters. The first kappa shape index (κ1) is 17.7. The number of benzene rings is 2. The second kappa shape index (κ2) is 7.31. The summed E-state index contributed by atoms with van der Waals surface area (Å²) in [5.74, 6) is 0. The fourth-order valence-electron chi connectivity index (χ4n) is 1.81. The van der Waals surface area contributed by atoms with Crippen molar-refractivity contribution in [1.29, 1.82) is 0 Å². The Morgan fingerprint density at radius 3 is 2.20 bits per heavy atom. The zero-order valence-electron chi connectivity index (χ0n) is 12.2. The van der Waals surface area contributed by atoms with E-state index < -0.39 is 26.1 Å². The molecular weight excluding hydrogens is 358 g/mol. The topological polar surface area (TPSA) is 154 Å². The van der Waals surface area contributed by atoms with Gasteiger partial charge in [-0.05, 0) is 12.1 Å². The molecule has 0 heterocycles. The van der Waals surface area contributed by atoms with Crippen molar-refractivity contribution in [2.24, 2.45) is 5.10 Å². The van der Waals surface area contributed by atoms with E-state index >= 15 is 0 Å². The summed E-state index contributed by atoms with van der Waals surface area (Å²) in [5, 5.41) is 36.2. The number of non-ortho nitro benzene ring substituents is 1. The van der Waals surface area contributed by atoms with Crippen molar-refractivity contribution in [3.8, 4) is 0 Å². The fraction of sp³-hybridized carbons (Fsp3) is 0. The fourth-order valence-corrected chi connectivity index (χ4v) is 1.99. The number of nitro benzene ring substituents is 3. The van der Waals surface area contributed by atoms with Crippen LogP contribution in [0.4, 0.5) is 22.7 Å². The first-order valence-electron chi connectivity index (χ1n) is 6.45. The predicted octanol–water partition coefficient (Wildman–Crippen LogP) is 3.51. The Labute approximate surface area is 144 Å². The van der Waals surface area contributed by atoms with Gasteiger partial charge in [0.05, 0.1) is 27.1 Å². The lowest BCUT2D eigenvalue weighted by Crippen LogP contribution is -1.99. The van der Waals surface area contributed by atoms with Gasteiger partial charge in [-0.3, -0.25) is 35.8 Å². The van der Waals surface area contributed by atoms with Crippen LogP contribution in [0.2, 0.25) is 5.02 Å². The molecule has 0 saturated carbocycles. The number of halogens is 1. The lowest BCUT2D eigenvalue weighted by atomic mass is 10.2. The molecule has 128 valence electrons. The lowest BCUT2D eigenvalue weighted by molar-refractivity contribution is -0.393. The number of nitrogens with one attached hydrogen (secondary N) is 1. The maximum atomic E-state index is 11.0. The van der Waals surface area contributed by atoms with E-state index in [9.17, 15) is 30.3 Å². The van der Waals surface area contributed by atoms with Crippen LogP contribution >= 0.6 is 11.6 Å². The first-order chi connectivity index (χ1) is 11.8. The Morgan fingerprint density at radius 1 is 0.920 bits per heavy atom. The van der Waals surface area contributed by atoms with Gasteiger partial charge in [-0.25, -0.2) is 0 Å². The number of hydrogen-bond donors (Lipinski definition) is 1. The van der Waals surface area contributed by atoms with Gasteiger partial charge >= 0.3 is 5.69 Å². The van der Waals surface area contributed by atoms with Crippen LogP contribution < -0.4 is 5.43 Å². The molecule has 2 rings (SSSR count). The Balaban J connectivity index is 2.25. The van der Waals surface area contributed by atoms with E-state index in [1.807, 2.05) is 0 Å². The van der Waals surface area contributed by atoms with Crippen molar-refractivity contribution in [3.63, 3.8) is 0 Å². The second-order valence-electron chi connectivity index (χ2n) is 4.55. The van der Waals surface area contributed by atoms with Crippen LogP contribution in [-0.4, -0.2) is 21.0 Å². The number of hydrogen-bond acceptors (Lipinski definition) is 8. The summed E-state index contributed by atoms with van der Waals surface area (Å²) in [4.78, 5) is 30.3. The number of hydrazone groups is 1. The molecule has 0 spiro atoms. The lowest BCUT2D eigenvalue weighted by Gasteiger charge is -2.02. The highest BCUT2D eigenvalue weighted by molar-refractivity contribution is 6.32. The van der Waals surface area contributed by atoms with Gasteiger partial charge in [-0.1, -0.05) is 17.7 Å². The van der Waals surface area contributed by atoms with Gasteiger partial charge in [-0.15, -0.1) is 0 Å². The molecule has 0 bridgehead atoms. The Morgan fingerprint density at radius 2 is 1.60 bits per heavy atom. The molecule has 0 aromatic heterocycles. The third-order valence-electron chi connectivity index (χ3n) is 2.95. The standard InChI is InChI=1S/C13H8ClN5O6/c14-10-3-1-8(5-12(10)18(22)23)7-15-16-11-4-2-9(17(20)21)6-13(11)19(24)25/h1-7,16H/b15-7+. The van der Waals surface area contributed by atoms with E-state index in [0.29, 0.717) is 5.56 Å². The largest absolute Gasteiger partial charge is 0.301 e. The Hall–Kier alpha value is -3.60. The molecule has 11 nitrogen and oxygen atoms in total. The molecule has 0 amide bonds. The van der Waals surface area contributed by atoms with Gasteiger partial charge in [0.2, 0.25) is 0 Å². The molecule has 0 aliphatic rings. The third-order valence-corrected chi connectivity index (χ3v) is 3.27. The molecule has 2 aromatic rings. The van der Waals surface area contributed by atoms with E-state index in [2.05, 4.69) is 10.5 Å². The van der Waals surface area contributed by atoms with Gasteiger partial charge in [-0.2, -0.15) is 5.10 Å². The molecule has 2 aromatic carbocycles. The summed E-state index contributed by atoms with van der Waals surface area (Å²) in [6.07, 6.45) is 1.19. The van der Waals surface area contributed by atoms with Crippen molar-refractivity contribution in [2.45, 2.75) is 0 Å². The van der Waals surface area contributed by atoms with Crippen LogP contribution in [0.25, 0.3) is 0 Å². The van der Waals surface area contributed by atoms with E-state index in [0.717, 1.165) is 18.2 Å². The average molecular weight is 366 g/mol. The van der Waals surface area contributed by atoms with Crippen LogP contribution in [0.15, 0.2) is 41.5 Å². The van der Waals surface area contributed by atoms with Crippen molar-refractivity contribution >= 4 is 40.6 Å². The number of rotatable bonds is 6. The Kier molecular flexibility index (Phi) is 5.19. The van der Waals surface area contributed by atoms with Gasteiger partial charge in [0.15, 0.2) is 0 Å². The maximum Gasteiger partial charge on any atom is 0.301 e. The molecule has 0 fully saturated rings. The van der Waals surface area contributed by atoms with Crippen LogP contribution in [0.5, 0.6) is 0 Å². The highest BCUT2D eigenvalue weighted by Gasteiger charge is 2.19. The molecular formula is C13H8ClN5O6. The summed E-state index contributed by atoms with van der Waals surface area (Å²) in [6.45, 7) is 0. The maximum absolute atomic E-state index is 11.0. The van der Waals surface area contributed by atoms with Crippen LogP contribution in [0.3, 0.4) is 0 Å². The highest BCUT2D eigenvalue weighted by atomic mass is 35.5. The molecule has 0 aliphatic carbocycles. The second-order valence-corrected chi connectivity index (χ2v) is 4.96. The predicted molar refractivity (Wildman–Crippen MR) is 89.1 cm³/mol. The number of nitro groups is 3. The van der Waals surface area contributed by atoms with Crippen molar-refractivity contribution in [2.75, 3.05) is 5.43 Å². The van der Waals surface area contributed by atoms with Gasteiger partial charge in [0, 0.05) is 17.7 Å². The molecule has 0 radical (unpaired) electrons. The van der Waals surface area contributed by atoms with Crippen molar-refractivity contribution in [3.05, 3.63) is 77.3 Å². The van der Waals surface area contributed by atoms with Crippen LogP contribution in [-0.2, 0) is 0 Å². The normalized spacial score (nSPS) is 10.6. The summed E-state index contributed by atoms with van der Waals surface area (Å²) in [6, 6.07) is 6.97. The molecule has 25 heavy (non-hydrogen) atoms. The molecule has 0 atom stereocenters. The van der Waals surface area contributed by atoms with E-state index in [-0.39, 0.29) is 16.4 Å². The monoisotopic (exact) mass is 365 g/mol. The molecule has 12 heteroatoms. The average Bonchev–Trinajstić information content (AvgIpc) is 2.55. The quantitative estimate of drug-likeness (QED) is 0.466. The van der Waals surface area contributed by atoms with Gasteiger partial charge in [0.25, 0.3) is 11.4 Å². The minimum atomic E-state index is -0.794. The molecule has 1 N–H and O–H groups in total. The van der Waals surface area contributed by atoms with Gasteiger partial charge in [0.1, 0.15) is 10.7 Å². The summed E-state index contributed by atoms with van der Waals surface area (Å²) in [7, 11) is 0.